The number of halogens is 6. The van der Waals surface area contributed by atoms with Crippen LogP contribution in [-0.4, -0.2) is 32.0 Å². The van der Waals surface area contributed by atoms with Gasteiger partial charge < -0.3 is 9.64 Å². The summed E-state index contributed by atoms with van der Waals surface area (Å²) in [6, 6.07) is 22.2. The molecule has 0 atom stereocenters. The number of nitrogens with zero attached hydrogens (tertiary/aromatic N) is 1. The van der Waals surface area contributed by atoms with E-state index in [1.54, 1.807) is 30.3 Å². The van der Waals surface area contributed by atoms with E-state index in [9.17, 15) is 26.3 Å². The van der Waals surface area contributed by atoms with Crippen molar-refractivity contribution >= 4 is 5.69 Å². The highest BCUT2D eigenvalue weighted by Gasteiger charge is 2.73. The lowest BCUT2D eigenvalue weighted by atomic mass is 9.91. The second-order valence-electron chi connectivity index (χ2n) is 8.12. The average Bonchev–Trinajstić information content (AvgIpc) is 2.82. The van der Waals surface area contributed by atoms with Gasteiger partial charge >= 0.3 is 12.4 Å². The molecule has 3 rings (SSSR count). The van der Waals surface area contributed by atoms with Crippen LogP contribution in [0.2, 0.25) is 0 Å². The Bertz CT molecular complexity index is 1020. The zero-order chi connectivity index (χ0) is 25.5. The SMILES string of the molecule is CCN(CCc1ccccc1)c1ccc(C(OCCc2ccccc2)(C(F)(F)F)C(F)(F)F)cc1. The minimum absolute atomic E-state index is 0.0874. The molecule has 0 aromatic heterocycles. The molecule has 0 amide bonds. The molecule has 0 radical (unpaired) electrons. The average molecular weight is 496 g/mol. The highest BCUT2D eigenvalue weighted by molar-refractivity contribution is 5.49. The van der Waals surface area contributed by atoms with E-state index in [0.29, 0.717) is 30.8 Å². The third-order valence-electron chi connectivity index (χ3n) is 5.88. The summed E-state index contributed by atoms with van der Waals surface area (Å²) < 4.78 is 89.1. The van der Waals surface area contributed by atoms with Crippen LogP contribution in [0.5, 0.6) is 0 Å². The molecule has 0 unspecified atom stereocenters. The van der Waals surface area contributed by atoms with Gasteiger partial charge in [-0.1, -0.05) is 72.8 Å². The van der Waals surface area contributed by atoms with Crippen molar-refractivity contribution in [2.24, 2.45) is 0 Å². The molecular weight excluding hydrogens is 468 g/mol. The molecule has 2 nitrogen and oxygen atoms in total. The van der Waals surface area contributed by atoms with Gasteiger partial charge in [-0.3, -0.25) is 0 Å². The van der Waals surface area contributed by atoms with E-state index in [4.69, 9.17) is 4.74 Å². The molecule has 35 heavy (non-hydrogen) atoms. The highest BCUT2D eigenvalue weighted by Crippen LogP contribution is 2.53. The Morgan fingerprint density at radius 1 is 0.657 bits per heavy atom. The van der Waals surface area contributed by atoms with Crippen molar-refractivity contribution in [1.82, 2.24) is 0 Å². The second-order valence-corrected chi connectivity index (χ2v) is 8.12. The smallest absolute Gasteiger partial charge is 0.371 e. The minimum atomic E-state index is -5.71. The summed E-state index contributed by atoms with van der Waals surface area (Å²) in [7, 11) is 0. The van der Waals surface area contributed by atoms with Gasteiger partial charge in [-0.2, -0.15) is 26.3 Å². The number of rotatable bonds is 10. The van der Waals surface area contributed by atoms with Gasteiger partial charge in [0.05, 0.1) is 6.61 Å². The lowest BCUT2D eigenvalue weighted by Gasteiger charge is -2.37. The topological polar surface area (TPSA) is 12.5 Å². The molecule has 3 aromatic carbocycles. The molecule has 3 aromatic rings. The monoisotopic (exact) mass is 495 g/mol. The van der Waals surface area contributed by atoms with Gasteiger partial charge in [-0.25, -0.2) is 0 Å². The fraction of sp³-hybridized carbons (Fsp3) is 0.333. The van der Waals surface area contributed by atoms with Crippen molar-refractivity contribution in [3.05, 3.63) is 102 Å². The largest absolute Gasteiger partial charge is 0.430 e. The molecule has 0 spiro atoms. The number of likely N-dealkylation sites (N-methyl/N-ethyl adjacent to an activating group) is 1. The van der Waals surface area contributed by atoms with E-state index in [1.807, 2.05) is 42.2 Å². The third kappa shape index (κ3) is 6.17. The first-order valence-electron chi connectivity index (χ1n) is 11.3. The van der Waals surface area contributed by atoms with Crippen molar-refractivity contribution in [2.75, 3.05) is 24.6 Å². The maximum absolute atomic E-state index is 14.1. The number of ether oxygens (including phenoxy) is 1. The van der Waals surface area contributed by atoms with Crippen LogP contribution in [-0.2, 0) is 23.2 Å². The molecule has 0 saturated heterocycles. The number of anilines is 1. The maximum atomic E-state index is 14.1. The van der Waals surface area contributed by atoms with Crippen LogP contribution < -0.4 is 4.90 Å². The van der Waals surface area contributed by atoms with Gasteiger partial charge in [-0.15, -0.1) is 0 Å². The van der Waals surface area contributed by atoms with Crippen LogP contribution >= 0.6 is 0 Å². The fourth-order valence-electron chi connectivity index (χ4n) is 3.99. The fourth-order valence-corrected chi connectivity index (χ4v) is 3.99. The Morgan fingerprint density at radius 3 is 1.60 bits per heavy atom. The Labute approximate surface area is 201 Å². The second kappa shape index (κ2) is 11.2. The molecule has 0 heterocycles. The van der Waals surface area contributed by atoms with Crippen LogP contribution in [0.3, 0.4) is 0 Å². The molecule has 0 aliphatic rings. The van der Waals surface area contributed by atoms with Crippen LogP contribution in [0, 0.1) is 0 Å². The molecule has 0 N–H and O–H groups in total. The van der Waals surface area contributed by atoms with Crippen LogP contribution in [0.1, 0.15) is 23.6 Å². The van der Waals surface area contributed by atoms with Crippen molar-refractivity contribution in [1.29, 1.82) is 0 Å². The maximum Gasteiger partial charge on any atom is 0.430 e. The molecule has 0 aliphatic carbocycles. The van der Waals surface area contributed by atoms with Gasteiger partial charge in [0.1, 0.15) is 0 Å². The zero-order valence-corrected chi connectivity index (χ0v) is 19.2. The van der Waals surface area contributed by atoms with Gasteiger partial charge in [0.15, 0.2) is 0 Å². The van der Waals surface area contributed by atoms with E-state index in [1.165, 1.54) is 12.1 Å². The summed E-state index contributed by atoms with van der Waals surface area (Å²) in [6.07, 6.45) is -10.8. The molecular formula is C27H27F6NO. The van der Waals surface area contributed by atoms with E-state index < -0.39 is 30.1 Å². The lowest BCUT2D eigenvalue weighted by Crippen LogP contribution is -2.56. The van der Waals surface area contributed by atoms with Crippen molar-refractivity contribution < 1.29 is 31.1 Å². The molecule has 188 valence electrons. The summed E-state index contributed by atoms with van der Waals surface area (Å²) in [5, 5.41) is 0. The number of benzene rings is 3. The lowest BCUT2D eigenvalue weighted by molar-refractivity contribution is -0.389. The molecule has 0 fully saturated rings. The van der Waals surface area contributed by atoms with Gasteiger partial charge in [0.2, 0.25) is 0 Å². The van der Waals surface area contributed by atoms with Gasteiger partial charge in [-0.05, 0) is 43.0 Å². The van der Waals surface area contributed by atoms with E-state index in [2.05, 4.69) is 0 Å². The highest BCUT2D eigenvalue weighted by atomic mass is 19.4. The summed E-state index contributed by atoms with van der Waals surface area (Å²) in [5.74, 6) is 0. The van der Waals surface area contributed by atoms with Crippen LogP contribution in [0.4, 0.5) is 32.0 Å². The Kier molecular flexibility index (Phi) is 8.48. The van der Waals surface area contributed by atoms with Crippen molar-refractivity contribution in [3.8, 4) is 0 Å². The van der Waals surface area contributed by atoms with Gasteiger partial charge in [0.25, 0.3) is 5.60 Å². The Hall–Kier alpha value is -3.00. The normalized spacial score (nSPS) is 12.5. The Balaban J connectivity index is 1.85. The summed E-state index contributed by atoms with van der Waals surface area (Å²) in [6.45, 7) is 2.24. The van der Waals surface area contributed by atoms with Gasteiger partial charge in [0, 0.05) is 24.3 Å². The predicted molar refractivity (Wildman–Crippen MR) is 124 cm³/mol. The quantitative estimate of drug-likeness (QED) is 0.273. The number of hydrogen-bond donors (Lipinski definition) is 0. The predicted octanol–water partition coefficient (Wildman–Crippen LogP) is 7.33. The van der Waals surface area contributed by atoms with Crippen LogP contribution in [0.15, 0.2) is 84.9 Å². The summed E-state index contributed by atoms with van der Waals surface area (Å²) in [5.41, 5.74) is -3.21. The molecule has 0 bridgehead atoms. The van der Waals surface area contributed by atoms with Crippen molar-refractivity contribution in [2.45, 2.75) is 37.7 Å². The van der Waals surface area contributed by atoms with E-state index in [-0.39, 0.29) is 6.42 Å². The Morgan fingerprint density at radius 2 is 1.14 bits per heavy atom. The first-order chi connectivity index (χ1) is 16.6. The van der Waals surface area contributed by atoms with E-state index in [0.717, 1.165) is 17.7 Å². The molecule has 0 saturated carbocycles. The number of alkyl halides is 6. The first-order valence-corrected chi connectivity index (χ1v) is 11.3. The first kappa shape index (κ1) is 26.6. The summed E-state index contributed by atoms with van der Waals surface area (Å²) in [4.78, 5) is 1.90. The van der Waals surface area contributed by atoms with E-state index >= 15 is 0 Å². The minimum Gasteiger partial charge on any atom is -0.371 e. The summed E-state index contributed by atoms with van der Waals surface area (Å²) >= 11 is 0. The van der Waals surface area contributed by atoms with Crippen molar-refractivity contribution in [3.63, 3.8) is 0 Å². The molecule has 0 aliphatic heterocycles. The standard InChI is InChI=1S/C27H27F6NO/c1-2-34(19-17-21-9-5-3-6-10-21)24-15-13-23(14-16-24)25(26(28,29)30,27(31,32)33)35-20-18-22-11-7-4-8-12-22/h3-16H,2,17-20H2,1H3. The zero-order valence-electron chi connectivity index (χ0n) is 19.2. The molecule has 8 heteroatoms. The third-order valence-corrected chi connectivity index (χ3v) is 5.88. The number of hydrogen-bond acceptors (Lipinski definition) is 2. The van der Waals surface area contributed by atoms with Crippen LogP contribution in [0.25, 0.3) is 0 Å².